The molecule has 0 aromatic heterocycles. The Kier molecular flexibility index (Phi) is 26.7. The molecule has 1 saturated heterocycles. The lowest BCUT2D eigenvalue weighted by atomic mass is 9.92. The van der Waals surface area contributed by atoms with Gasteiger partial charge in [0.1, 0.15) is 17.5 Å². The van der Waals surface area contributed by atoms with E-state index >= 15 is 0 Å². The number of hydrogen-bond acceptors (Lipinski definition) is 22. The number of cyclic esters (lactones) is 2. The predicted molar refractivity (Wildman–Crippen MR) is 352 cm³/mol. The van der Waals surface area contributed by atoms with Crippen LogP contribution < -0.4 is 0 Å². The van der Waals surface area contributed by atoms with Gasteiger partial charge in [-0.2, -0.15) is 22.1 Å². The Bertz CT molecular complexity index is 3110. The molecule has 0 aromatic carbocycles. The fraction of sp³-hybridized carbons (Fsp3) is 0.843. The number of nitrogens with zero attached hydrogens (tertiary/aromatic N) is 2. The number of hydrogen-bond donors (Lipinski definition) is 4. The fourth-order valence-electron chi connectivity index (χ4n) is 16.3. The molecule has 1 aliphatic heterocycles. The van der Waals surface area contributed by atoms with Gasteiger partial charge >= 0.3 is 41.8 Å². The van der Waals surface area contributed by atoms with Crippen LogP contribution in [0, 0.1) is 162 Å². The van der Waals surface area contributed by atoms with Gasteiger partial charge in [0, 0.05) is 70.5 Å². The summed E-state index contributed by atoms with van der Waals surface area (Å²) in [5.74, 6) is 1.03. The second kappa shape index (κ2) is 30.8. The average Bonchev–Trinajstić information content (AvgIpc) is 1.54. The summed E-state index contributed by atoms with van der Waals surface area (Å²) in [5.41, 5.74) is 0.783. The highest BCUT2D eigenvalue weighted by atomic mass is 32.2. The Morgan fingerprint density at radius 1 is 0.515 bits per heavy atom. The van der Waals surface area contributed by atoms with Gasteiger partial charge in [-0.15, -0.1) is 0 Å². The smallest absolute Gasteiger partial charge is 0.318 e. The maximum atomic E-state index is 11.4. The summed E-state index contributed by atoms with van der Waals surface area (Å²) in [6.07, 6.45) is 5.88. The first-order valence-electron chi connectivity index (χ1n) is 33.2. The highest BCUT2D eigenvalue weighted by Crippen LogP contribution is 2.69. The quantitative estimate of drug-likeness (QED) is 0.0311. The van der Waals surface area contributed by atoms with E-state index in [1.165, 1.54) is 21.3 Å². The van der Waals surface area contributed by atoms with Gasteiger partial charge in [0.2, 0.25) is 6.54 Å². The molecule has 97 heavy (non-hydrogen) atoms. The summed E-state index contributed by atoms with van der Waals surface area (Å²) in [5, 5.41) is 43.1. The molecule has 11 fully saturated rings. The molecule has 27 heteroatoms. The van der Waals surface area contributed by atoms with E-state index in [4.69, 9.17) is 40.6 Å². The molecule has 1 heterocycles. The normalized spacial score (nSPS) is 34.0. The van der Waals surface area contributed by atoms with E-state index in [0.717, 1.165) is 37.2 Å². The van der Waals surface area contributed by atoms with E-state index in [1.807, 2.05) is 41.5 Å². The van der Waals surface area contributed by atoms with E-state index < -0.39 is 38.1 Å². The van der Waals surface area contributed by atoms with Crippen molar-refractivity contribution in [3.8, 4) is 6.07 Å². The zero-order valence-corrected chi connectivity index (χ0v) is 62.4. The number of methoxy groups -OCH3 is 3. The Hall–Kier alpha value is -5.45. The molecule has 0 spiro atoms. The lowest BCUT2D eigenvalue weighted by Crippen LogP contribution is -2.26. The van der Waals surface area contributed by atoms with Crippen LogP contribution in [-0.2, 0) is 90.7 Å². The van der Waals surface area contributed by atoms with Crippen LogP contribution in [0.1, 0.15) is 162 Å². The number of ether oxygens (including phenoxy) is 4. The van der Waals surface area contributed by atoms with Crippen molar-refractivity contribution >= 4 is 73.6 Å². The molecule has 0 amide bonds. The maximum absolute atomic E-state index is 11.4. The summed E-state index contributed by atoms with van der Waals surface area (Å²) in [7, 11) is -2.80. The number of ketones is 2. The molecule has 0 aromatic rings. The van der Waals surface area contributed by atoms with Crippen LogP contribution in [0.4, 0.5) is 0 Å². The number of esters is 5. The number of carboxylic acids is 2. The van der Waals surface area contributed by atoms with Gasteiger partial charge in [-0.05, 0) is 120 Å². The number of aliphatic carboxylic acids is 2. The third-order valence-electron chi connectivity index (χ3n) is 24.8. The molecule has 0 bridgehead atoms. The van der Waals surface area contributed by atoms with Crippen LogP contribution >= 0.6 is 0 Å². The van der Waals surface area contributed by atoms with Gasteiger partial charge in [-0.1, -0.05) is 111 Å². The van der Waals surface area contributed by atoms with Crippen molar-refractivity contribution < 1.29 is 108 Å². The summed E-state index contributed by atoms with van der Waals surface area (Å²) in [6, 6.07) is 2.17. The third kappa shape index (κ3) is 20.4. The monoisotopic (exact) mass is 1410 g/mol. The van der Waals surface area contributed by atoms with Crippen LogP contribution in [0.25, 0.3) is 4.85 Å². The predicted octanol–water partition coefficient (Wildman–Crippen LogP) is 8.12. The second-order valence-electron chi connectivity index (χ2n) is 33.1. The molecule has 550 valence electrons. The van der Waals surface area contributed by atoms with Crippen LogP contribution in [0.15, 0.2) is 0 Å². The van der Waals surface area contributed by atoms with Gasteiger partial charge in [-0.25, -0.2) is 6.57 Å². The number of fused-ring (bicyclic) bond motifs is 3. The third-order valence-corrected chi connectivity index (χ3v) is 25.9. The van der Waals surface area contributed by atoms with Crippen molar-refractivity contribution in [2.45, 2.75) is 162 Å². The van der Waals surface area contributed by atoms with Crippen LogP contribution in [-0.4, -0.2) is 157 Å². The number of rotatable bonds is 19. The summed E-state index contributed by atoms with van der Waals surface area (Å²) in [6.45, 7) is 40.8. The Morgan fingerprint density at radius 2 is 0.876 bits per heavy atom. The zero-order chi connectivity index (χ0) is 74.9. The van der Waals surface area contributed by atoms with Crippen molar-refractivity contribution in [3.05, 3.63) is 11.4 Å². The summed E-state index contributed by atoms with van der Waals surface area (Å²) >= 11 is 0. The van der Waals surface area contributed by atoms with Crippen LogP contribution in [0.3, 0.4) is 0 Å². The summed E-state index contributed by atoms with van der Waals surface area (Å²) in [4.78, 5) is 102. The van der Waals surface area contributed by atoms with Gasteiger partial charge in [0.05, 0.1) is 65.0 Å². The van der Waals surface area contributed by atoms with E-state index in [1.54, 1.807) is 0 Å². The zero-order valence-electron chi connectivity index (χ0n) is 60.8. The molecule has 17 atom stereocenters. The first-order valence-corrected chi connectivity index (χ1v) is 36.9. The number of carboxylic acid groups (broad SMARTS) is 2. The van der Waals surface area contributed by atoms with Gasteiger partial charge < -0.3 is 44.2 Å². The fourth-order valence-corrected chi connectivity index (χ4v) is 17.1. The molecule has 10 aliphatic carbocycles. The number of aliphatic hydroxyl groups is 2. The molecular formula is C70H110N2O23S2. The van der Waals surface area contributed by atoms with Crippen LogP contribution in [0.2, 0.25) is 0 Å². The number of Topliss-reactive ketones (excluding diaryl/α,β-unsaturated/α-hetero) is 2. The van der Waals surface area contributed by atoms with E-state index in [-0.39, 0.29) is 166 Å². The minimum absolute atomic E-state index is 0.000949. The molecule has 4 N–H and O–H groups in total. The lowest BCUT2D eigenvalue weighted by molar-refractivity contribution is -0.157. The van der Waals surface area contributed by atoms with Gasteiger partial charge in [0.25, 0.3) is 20.2 Å². The topological polar surface area (TPSA) is 386 Å². The van der Waals surface area contributed by atoms with Crippen molar-refractivity contribution in [2.24, 2.45) is 144 Å². The molecule has 11 rings (SSSR count). The number of nitriles is 1. The van der Waals surface area contributed by atoms with E-state index in [9.17, 15) is 60.0 Å². The molecular weight excluding hydrogens is 1300 g/mol. The van der Waals surface area contributed by atoms with E-state index in [0.29, 0.717) is 73.0 Å². The standard InChI is InChI=1S/C11H18O4.C10H14O3.C9H12N2.C9H18O6S2.C9H14O4.C8H12O.C7H8O3.C7H14O2/c1-11(2)7(5-9(12)14-3)8(11)6-10(13)15-4;1-10(2)5-4-6(11)7(8(5)10)9(12)13-3;1-9(2)7(4-5-10)8(9)6-11-3;1-9(2)7(5-14-16(3,10)11)8(9)6-15-17(4,12)13;1-9(2)5(3-7(10)11)6(9)4-8(12)13;1-8(2)6-3-5(9)4-7(6)8;1-7(2)3-4(7)6(9)10-5(3)8;1-7(2)5(3-8)6(7)4-9/h7-8H,5-6H2,1-4H3;5,7-8H,4H2,1-3H3;7-8H,4,6H2,1-2H3;7-8H,5-6H2,1-4H3;5-6H,3-4H2,1-2H3,(H,10,11)(H,12,13);6-7H,3-4H2,1-2H3;3-4H,1-2H3;5-6,8-9H,3-4H2,1-2H3/t7-,8+;5-,7?,8-;2*7-,8+;5-,6+;6-,7+;3-,4+;5-,6+/m.10...../s1. The first-order chi connectivity index (χ1) is 44.2. The van der Waals surface area contributed by atoms with Crippen molar-refractivity contribution in [3.63, 3.8) is 0 Å². The Labute approximate surface area is 574 Å². The number of aliphatic hydroxyl groups excluding tert-OH is 2. The largest absolute Gasteiger partial charge is 0.481 e. The minimum atomic E-state index is -3.46. The lowest BCUT2D eigenvalue weighted by Gasteiger charge is -2.13. The molecule has 1 unspecified atom stereocenters. The highest BCUT2D eigenvalue weighted by molar-refractivity contribution is 7.86. The second-order valence-corrected chi connectivity index (χ2v) is 36.4. The minimum Gasteiger partial charge on any atom is -0.481 e. The Morgan fingerprint density at radius 3 is 1.15 bits per heavy atom. The van der Waals surface area contributed by atoms with Crippen molar-refractivity contribution in [1.29, 1.82) is 5.26 Å². The molecule has 25 nitrogen and oxygen atoms in total. The molecule has 11 aliphatic rings. The average molecular weight is 1410 g/mol. The van der Waals surface area contributed by atoms with Crippen molar-refractivity contribution in [2.75, 3.05) is 66.8 Å². The first kappa shape index (κ1) is 84.0. The number of carbonyl (C=O) groups is 9. The number of carbonyl (C=O) groups excluding carboxylic acids is 7. The maximum Gasteiger partial charge on any atom is 0.318 e. The molecule has 10 saturated carbocycles. The summed E-state index contributed by atoms with van der Waals surface area (Å²) < 4.78 is 71.1. The highest BCUT2D eigenvalue weighted by Gasteiger charge is 2.72. The van der Waals surface area contributed by atoms with Gasteiger partial charge in [-0.3, -0.25) is 51.5 Å². The van der Waals surface area contributed by atoms with Gasteiger partial charge in [0.15, 0.2) is 0 Å². The van der Waals surface area contributed by atoms with E-state index in [2.05, 4.69) is 99.1 Å². The Balaban J connectivity index is 0.000000237. The molecule has 0 radical (unpaired) electrons. The SMILES string of the molecule is CC1(C)[C@@H]2C(=O)OC(=O)[C@@H]21.CC1(C)[C@@H]2CC(=O)C[C@@H]21.CC1(C)[C@H](CC(=O)O)[C@@H]1CC(=O)O.CC1(C)[C@H](CO)[C@@H]1CO.CC1(C)[C@H](COS(C)(=O)=O)[C@@H]1COS(C)(=O)=O.COC(=O)C1C(=O)C[C@@H]2[C@H]1C2(C)C.COC(=O)C[C@@H]1[C@H](CC(=O)OC)C1(C)C.[C-]#[N+]C[C@@H]1[C@H](CC#N)C1(C)C. The van der Waals surface area contributed by atoms with Crippen molar-refractivity contribution in [1.82, 2.24) is 0 Å². The van der Waals surface area contributed by atoms with Crippen LogP contribution in [0.5, 0.6) is 0 Å².